The third-order valence-corrected chi connectivity index (χ3v) is 4.37. The molecule has 0 bridgehead atoms. The van der Waals surface area contributed by atoms with Crippen LogP contribution in [0.25, 0.3) is 0 Å². The zero-order valence-corrected chi connectivity index (χ0v) is 10.8. The minimum absolute atomic E-state index is 0.220. The van der Waals surface area contributed by atoms with Gasteiger partial charge in [-0.25, -0.2) is 4.39 Å². The van der Waals surface area contributed by atoms with Crippen LogP contribution >= 0.6 is 11.3 Å². The molecule has 3 N–H and O–H groups in total. The summed E-state index contributed by atoms with van der Waals surface area (Å²) in [4.78, 5) is 1.43. The zero-order valence-electron chi connectivity index (χ0n) is 9.95. The fraction of sp³-hybridized carbons (Fsp3) is 0.286. The highest BCUT2D eigenvalue weighted by Crippen LogP contribution is 2.36. The van der Waals surface area contributed by atoms with Gasteiger partial charge in [0.25, 0.3) is 0 Å². The Morgan fingerprint density at radius 1 is 1.33 bits per heavy atom. The molecular weight excluding hydrogens is 247 g/mol. The maximum Gasteiger partial charge on any atom is 0.148 e. The predicted octanol–water partition coefficient (Wildman–Crippen LogP) is 3.96. The molecular formula is C14H15FN2S. The van der Waals surface area contributed by atoms with Crippen molar-refractivity contribution in [2.75, 3.05) is 11.1 Å². The van der Waals surface area contributed by atoms with Crippen LogP contribution in [0, 0.1) is 5.82 Å². The van der Waals surface area contributed by atoms with Gasteiger partial charge < -0.3 is 11.1 Å². The molecule has 18 heavy (non-hydrogen) atoms. The van der Waals surface area contributed by atoms with Crippen molar-refractivity contribution in [1.29, 1.82) is 0 Å². The number of nitrogen functional groups attached to an aromatic ring is 1. The Hall–Kier alpha value is -1.55. The fourth-order valence-corrected chi connectivity index (χ4v) is 3.46. The minimum atomic E-state index is -0.280. The number of anilines is 2. The van der Waals surface area contributed by atoms with Crippen molar-refractivity contribution in [3.05, 3.63) is 45.9 Å². The first-order chi connectivity index (χ1) is 8.74. The predicted molar refractivity (Wildman–Crippen MR) is 74.4 cm³/mol. The lowest BCUT2D eigenvalue weighted by atomic mass is 9.94. The molecule has 1 heterocycles. The van der Waals surface area contributed by atoms with Gasteiger partial charge in [-0.1, -0.05) is 0 Å². The second-order valence-corrected chi connectivity index (χ2v) is 5.63. The van der Waals surface area contributed by atoms with Crippen LogP contribution in [0.5, 0.6) is 0 Å². The van der Waals surface area contributed by atoms with Crippen molar-refractivity contribution in [3.63, 3.8) is 0 Å². The van der Waals surface area contributed by atoms with Gasteiger partial charge in [0.15, 0.2) is 0 Å². The number of rotatable bonds is 2. The summed E-state index contributed by atoms with van der Waals surface area (Å²) in [5.74, 6) is -0.280. The van der Waals surface area contributed by atoms with Gasteiger partial charge in [0.2, 0.25) is 0 Å². The molecule has 0 saturated heterocycles. The number of hydrogen-bond donors (Lipinski definition) is 2. The zero-order chi connectivity index (χ0) is 12.5. The Kier molecular flexibility index (Phi) is 2.96. The van der Waals surface area contributed by atoms with Gasteiger partial charge >= 0.3 is 0 Å². The SMILES string of the molecule is Nc1ccc(NC2CCCc3sccc32)c(F)c1. The first-order valence-electron chi connectivity index (χ1n) is 6.12. The lowest BCUT2D eigenvalue weighted by Crippen LogP contribution is -2.16. The number of halogens is 1. The van der Waals surface area contributed by atoms with E-state index in [9.17, 15) is 4.39 Å². The maximum atomic E-state index is 13.8. The lowest BCUT2D eigenvalue weighted by molar-refractivity contribution is 0.592. The number of nitrogens with one attached hydrogen (secondary N) is 1. The first-order valence-corrected chi connectivity index (χ1v) is 7.00. The lowest BCUT2D eigenvalue weighted by Gasteiger charge is -2.25. The Morgan fingerprint density at radius 2 is 2.22 bits per heavy atom. The van der Waals surface area contributed by atoms with Crippen LogP contribution in [0.3, 0.4) is 0 Å². The molecule has 0 fully saturated rings. The van der Waals surface area contributed by atoms with Gasteiger partial charge in [-0.15, -0.1) is 11.3 Å². The van der Waals surface area contributed by atoms with E-state index in [0.29, 0.717) is 11.4 Å². The van der Waals surface area contributed by atoms with Crippen LogP contribution in [0.1, 0.15) is 29.3 Å². The highest BCUT2D eigenvalue weighted by atomic mass is 32.1. The monoisotopic (exact) mass is 262 g/mol. The normalized spacial score (nSPS) is 18.4. The molecule has 4 heteroatoms. The molecule has 1 atom stereocenters. The third kappa shape index (κ3) is 2.08. The van der Waals surface area contributed by atoms with E-state index in [0.717, 1.165) is 19.3 Å². The number of aryl methyl sites for hydroxylation is 1. The second-order valence-electron chi connectivity index (χ2n) is 4.63. The average molecular weight is 262 g/mol. The molecule has 0 radical (unpaired) electrons. The molecule has 2 aromatic rings. The number of thiophene rings is 1. The summed E-state index contributed by atoms with van der Waals surface area (Å²) in [5.41, 5.74) is 7.87. The number of nitrogens with two attached hydrogens (primary N) is 1. The van der Waals surface area contributed by atoms with E-state index in [1.54, 1.807) is 23.5 Å². The third-order valence-electron chi connectivity index (χ3n) is 3.37. The molecule has 1 aliphatic carbocycles. The van der Waals surface area contributed by atoms with Crippen LogP contribution in [-0.2, 0) is 6.42 Å². The van der Waals surface area contributed by atoms with Crippen molar-refractivity contribution in [3.8, 4) is 0 Å². The summed E-state index contributed by atoms with van der Waals surface area (Å²) >= 11 is 1.79. The van der Waals surface area contributed by atoms with Crippen LogP contribution in [0.2, 0.25) is 0 Å². The maximum absolute atomic E-state index is 13.8. The highest BCUT2D eigenvalue weighted by Gasteiger charge is 2.21. The Morgan fingerprint density at radius 3 is 3.06 bits per heavy atom. The summed E-state index contributed by atoms with van der Waals surface area (Å²) in [6.07, 6.45) is 3.35. The summed E-state index contributed by atoms with van der Waals surface area (Å²) in [7, 11) is 0. The molecule has 94 valence electrons. The van der Waals surface area contributed by atoms with Gasteiger partial charge in [-0.2, -0.15) is 0 Å². The first kappa shape index (κ1) is 11.5. The van der Waals surface area contributed by atoms with Crippen LogP contribution in [0.15, 0.2) is 29.6 Å². The molecule has 0 saturated carbocycles. The van der Waals surface area contributed by atoms with Gasteiger partial charge in [-0.05, 0) is 54.5 Å². The van der Waals surface area contributed by atoms with Crippen molar-refractivity contribution in [2.45, 2.75) is 25.3 Å². The Labute approximate surface area is 110 Å². The topological polar surface area (TPSA) is 38.0 Å². The van der Waals surface area contributed by atoms with Crippen molar-refractivity contribution in [2.24, 2.45) is 0 Å². The second kappa shape index (κ2) is 4.61. The van der Waals surface area contributed by atoms with E-state index in [2.05, 4.69) is 16.8 Å². The van der Waals surface area contributed by atoms with Crippen LogP contribution in [-0.4, -0.2) is 0 Å². The van der Waals surface area contributed by atoms with E-state index >= 15 is 0 Å². The molecule has 1 aromatic heterocycles. The summed E-state index contributed by atoms with van der Waals surface area (Å²) < 4.78 is 13.8. The van der Waals surface area contributed by atoms with Crippen LogP contribution < -0.4 is 11.1 Å². The molecule has 1 aromatic carbocycles. The van der Waals surface area contributed by atoms with Crippen molar-refractivity contribution >= 4 is 22.7 Å². The molecule has 1 aliphatic rings. The van der Waals surface area contributed by atoms with Crippen molar-refractivity contribution in [1.82, 2.24) is 0 Å². The average Bonchev–Trinajstić information content (AvgIpc) is 2.82. The Balaban J connectivity index is 1.86. The van der Waals surface area contributed by atoms with Gasteiger partial charge in [-0.3, -0.25) is 0 Å². The van der Waals surface area contributed by atoms with E-state index < -0.39 is 0 Å². The summed E-state index contributed by atoms with van der Waals surface area (Å²) in [6.45, 7) is 0. The molecule has 1 unspecified atom stereocenters. The largest absolute Gasteiger partial charge is 0.399 e. The van der Waals surface area contributed by atoms with Gasteiger partial charge in [0.1, 0.15) is 5.82 Å². The summed E-state index contributed by atoms with van der Waals surface area (Å²) in [5, 5.41) is 5.41. The van der Waals surface area contributed by atoms with Gasteiger partial charge in [0.05, 0.1) is 11.7 Å². The molecule has 0 amide bonds. The van der Waals surface area contributed by atoms with E-state index in [4.69, 9.17) is 5.73 Å². The standard InChI is InChI=1S/C14H15FN2S/c15-11-8-9(16)4-5-13(11)17-12-2-1-3-14-10(12)6-7-18-14/h4-8,12,17H,1-3,16H2. The van der Waals surface area contributed by atoms with E-state index in [-0.39, 0.29) is 11.9 Å². The molecule has 2 nitrogen and oxygen atoms in total. The highest BCUT2D eigenvalue weighted by molar-refractivity contribution is 7.10. The number of hydrogen-bond acceptors (Lipinski definition) is 3. The van der Waals surface area contributed by atoms with E-state index in [1.807, 2.05) is 0 Å². The fourth-order valence-electron chi connectivity index (χ4n) is 2.47. The quantitative estimate of drug-likeness (QED) is 0.804. The van der Waals surface area contributed by atoms with Crippen LogP contribution in [0.4, 0.5) is 15.8 Å². The smallest absolute Gasteiger partial charge is 0.148 e. The Bertz CT molecular complexity index is 565. The van der Waals surface area contributed by atoms with Gasteiger partial charge in [0, 0.05) is 10.6 Å². The number of fused-ring (bicyclic) bond motifs is 1. The molecule has 3 rings (SSSR count). The molecule has 0 spiro atoms. The molecule has 0 aliphatic heterocycles. The minimum Gasteiger partial charge on any atom is -0.399 e. The summed E-state index contributed by atoms with van der Waals surface area (Å²) in [6, 6.07) is 7.16. The number of benzene rings is 1. The van der Waals surface area contributed by atoms with Crippen molar-refractivity contribution < 1.29 is 4.39 Å². The van der Waals surface area contributed by atoms with E-state index in [1.165, 1.54) is 16.5 Å².